The van der Waals surface area contributed by atoms with E-state index in [1.54, 1.807) is 0 Å². The van der Waals surface area contributed by atoms with Crippen LogP contribution in [0.15, 0.2) is 247 Å². The maximum Gasteiger partial charge on any atom is 0.266 e. The number of hydrogen-bond acceptors (Lipinski definition) is 1. The van der Waals surface area contributed by atoms with E-state index in [-0.39, 0.29) is 5.56 Å². The summed E-state index contributed by atoms with van der Waals surface area (Å²) in [6.07, 6.45) is 0. The second-order valence-electron chi connectivity index (χ2n) is 17.7. The molecule has 4 heterocycles. The summed E-state index contributed by atoms with van der Waals surface area (Å²) in [5, 5.41) is 6.58. The van der Waals surface area contributed by atoms with E-state index >= 15 is 0 Å². The van der Waals surface area contributed by atoms with E-state index in [4.69, 9.17) is 0 Å². The molecule has 0 atom stereocenters. The lowest BCUT2D eigenvalue weighted by molar-refractivity contribution is 1.01. The summed E-state index contributed by atoms with van der Waals surface area (Å²) in [7, 11) is 0. The molecule has 0 radical (unpaired) electrons. The molecule has 10 aromatic carbocycles. The van der Waals surface area contributed by atoms with Gasteiger partial charge in [0.05, 0.1) is 44.2 Å². The van der Waals surface area contributed by atoms with Crippen molar-refractivity contribution in [1.82, 2.24) is 18.1 Å². The summed E-state index contributed by atoms with van der Waals surface area (Å²) in [5.74, 6) is 0. The Kier molecular flexibility index (Phi) is 8.37. The highest BCUT2D eigenvalue weighted by Crippen LogP contribution is 2.42. The molecular formula is C63H40N4O. The number of para-hydroxylation sites is 5. The molecule has 14 rings (SSSR count). The first-order chi connectivity index (χ1) is 33.7. The van der Waals surface area contributed by atoms with E-state index in [2.05, 4.69) is 202 Å². The van der Waals surface area contributed by atoms with Crippen LogP contribution in [0.25, 0.3) is 122 Å². The third-order valence-electron chi connectivity index (χ3n) is 13.9. The minimum Gasteiger partial charge on any atom is -0.309 e. The SMILES string of the molecule is O=c1c2ccccc2n2c3ccc(-c4ccc5c(c4)c4cc(-c6ccc7c(c6)c6ccccc6n7-c6ccccc6)ccc4n5-c4ccccc4)cc3c(-c3ccccc3)c2n1-c1ccccc1. The molecule has 0 unspecified atom stereocenters. The second kappa shape index (κ2) is 14.9. The van der Waals surface area contributed by atoms with Gasteiger partial charge >= 0.3 is 0 Å². The molecule has 0 saturated heterocycles. The third kappa shape index (κ3) is 5.66. The molecule has 0 fully saturated rings. The van der Waals surface area contributed by atoms with Crippen molar-refractivity contribution in [1.29, 1.82) is 0 Å². The molecule has 318 valence electrons. The highest BCUT2D eigenvalue weighted by atomic mass is 16.1. The van der Waals surface area contributed by atoms with E-state index in [1.165, 1.54) is 43.7 Å². The minimum atomic E-state index is -0.0435. The molecule has 0 bridgehead atoms. The first-order valence-electron chi connectivity index (χ1n) is 23.1. The van der Waals surface area contributed by atoms with Gasteiger partial charge in [0.25, 0.3) is 5.56 Å². The number of aromatic nitrogens is 4. The smallest absolute Gasteiger partial charge is 0.266 e. The number of nitrogens with zero attached hydrogens (tertiary/aromatic N) is 4. The normalized spacial score (nSPS) is 11.9. The number of fused-ring (bicyclic) bond motifs is 11. The Hall–Kier alpha value is -9.19. The number of rotatable bonds is 6. The molecule has 0 N–H and O–H groups in total. The van der Waals surface area contributed by atoms with Crippen LogP contribution in [0.5, 0.6) is 0 Å². The predicted molar refractivity (Wildman–Crippen MR) is 283 cm³/mol. The molecule has 5 heteroatoms. The van der Waals surface area contributed by atoms with Gasteiger partial charge in [0.2, 0.25) is 0 Å². The summed E-state index contributed by atoms with van der Waals surface area (Å²) in [6, 6.07) is 86.0. The molecule has 0 aliphatic carbocycles. The molecule has 0 aliphatic rings. The van der Waals surface area contributed by atoms with Crippen molar-refractivity contribution in [2.45, 2.75) is 0 Å². The lowest BCUT2D eigenvalue weighted by atomic mass is 9.97. The van der Waals surface area contributed by atoms with Crippen LogP contribution in [0, 0.1) is 0 Å². The van der Waals surface area contributed by atoms with Gasteiger partial charge in [-0.2, -0.15) is 0 Å². The molecular weight excluding hydrogens is 829 g/mol. The summed E-state index contributed by atoms with van der Waals surface area (Å²) in [4.78, 5) is 14.7. The molecule has 0 saturated carbocycles. The Bertz CT molecular complexity index is 4370. The van der Waals surface area contributed by atoms with Crippen molar-refractivity contribution in [3.63, 3.8) is 0 Å². The summed E-state index contributed by atoms with van der Waals surface area (Å²) in [5.41, 5.74) is 17.1. The van der Waals surface area contributed by atoms with Crippen molar-refractivity contribution >= 4 is 71.1 Å². The Morgan fingerprint density at radius 2 is 0.603 bits per heavy atom. The Labute approximate surface area is 390 Å². The zero-order valence-electron chi connectivity index (χ0n) is 36.8. The van der Waals surface area contributed by atoms with Crippen molar-refractivity contribution in [2.24, 2.45) is 0 Å². The van der Waals surface area contributed by atoms with Gasteiger partial charge in [0.1, 0.15) is 5.65 Å². The van der Waals surface area contributed by atoms with Crippen LogP contribution in [0.2, 0.25) is 0 Å². The van der Waals surface area contributed by atoms with Crippen LogP contribution in [0.4, 0.5) is 0 Å². The van der Waals surface area contributed by atoms with Crippen molar-refractivity contribution < 1.29 is 0 Å². The van der Waals surface area contributed by atoms with Crippen LogP contribution < -0.4 is 5.56 Å². The van der Waals surface area contributed by atoms with Crippen LogP contribution in [0.3, 0.4) is 0 Å². The molecule has 5 nitrogen and oxygen atoms in total. The minimum absolute atomic E-state index is 0.0435. The predicted octanol–water partition coefficient (Wildman–Crippen LogP) is 15.6. The lowest BCUT2D eigenvalue weighted by Crippen LogP contribution is -2.21. The highest BCUT2D eigenvalue weighted by Gasteiger charge is 2.23. The van der Waals surface area contributed by atoms with Gasteiger partial charge in [-0.15, -0.1) is 0 Å². The molecule has 68 heavy (non-hydrogen) atoms. The Balaban J connectivity index is 0.999. The van der Waals surface area contributed by atoms with Crippen LogP contribution in [-0.4, -0.2) is 18.1 Å². The first kappa shape index (κ1) is 38.1. The van der Waals surface area contributed by atoms with Gasteiger partial charge < -0.3 is 9.13 Å². The summed E-state index contributed by atoms with van der Waals surface area (Å²) in [6.45, 7) is 0. The molecule has 0 aliphatic heterocycles. The molecule has 0 spiro atoms. The summed E-state index contributed by atoms with van der Waals surface area (Å²) >= 11 is 0. The Morgan fingerprint density at radius 1 is 0.250 bits per heavy atom. The van der Waals surface area contributed by atoms with Crippen molar-refractivity contribution in [3.8, 4) is 50.4 Å². The van der Waals surface area contributed by atoms with Gasteiger partial charge in [0, 0.05) is 43.9 Å². The van der Waals surface area contributed by atoms with Gasteiger partial charge in [-0.05, 0) is 131 Å². The summed E-state index contributed by atoms with van der Waals surface area (Å²) < 4.78 is 8.93. The zero-order valence-corrected chi connectivity index (χ0v) is 36.8. The average Bonchev–Trinajstić information content (AvgIpc) is 4.04. The monoisotopic (exact) mass is 868 g/mol. The van der Waals surface area contributed by atoms with E-state index in [9.17, 15) is 4.79 Å². The van der Waals surface area contributed by atoms with Crippen LogP contribution >= 0.6 is 0 Å². The number of hydrogen-bond donors (Lipinski definition) is 0. The van der Waals surface area contributed by atoms with Crippen molar-refractivity contribution in [3.05, 3.63) is 253 Å². The van der Waals surface area contributed by atoms with Gasteiger partial charge in [0.15, 0.2) is 0 Å². The third-order valence-corrected chi connectivity index (χ3v) is 13.9. The van der Waals surface area contributed by atoms with Gasteiger partial charge in [-0.25, -0.2) is 0 Å². The molecule has 0 amide bonds. The molecule has 14 aromatic rings. The molecule has 4 aromatic heterocycles. The zero-order chi connectivity index (χ0) is 44.9. The van der Waals surface area contributed by atoms with E-state index in [0.29, 0.717) is 5.39 Å². The standard InChI is InChI=1S/C63H40N4O/c68-63-50-26-14-16-28-56(50)67-60-36-32-45(40-54(60)61(41-17-5-1-6-18-41)62(67)66(63)48-23-11-4-12-24-48)44-31-35-59-53(39-44)52-38-43(30-34-58(52)65(59)47-21-9-3-10-22-47)42-29-33-57-51(37-42)49-25-13-15-27-55(49)64(57)46-19-7-2-8-20-46/h1-40H. The Morgan fingerprint density at radius 3 is 1.12 bits per heavy atom. The quantitative estimate of drug-likeness (QED) is 0.164. The van der Waals surface area contributed by atoms with Crippen molar-refractivity contribution in [2.75, 3.05) is 0 Å². The largest absolute Gasteiger partial charge is 0.309 e. The van der Waals surface area contributed by atoms with E-state index in [0.717, 1.165) is 72.4 Å². The lowest BCUT2D eigenvalue weighted by Gasteiger charge is -2.14. The van der Waals surface area contributed by atoms with E-state index < -0.39 is 0 Å². The average molecular weight is 869 g/mol. The fraction of sp³-hybridized carbons (Fsp3) is 0. The van der Waals surface area contributed by atoms with E-state index in [1.807, 2.05) is 59.2 Å². The first-order valence-corrected chi connectivity index (χ1v) is 23.1. The number of benzene rings is 10. The maximum atomic E-state index is 14.7. The highest BCUT2D eigenvalue weighted by molar-refractivity contribution is 6.14. The van der Waals surface area contributed by atoms with Crippen LogP contribution in [0.1, 0.15) is 0 Å². The van der Waals surface area contributed by atoms with Crippen LogP contribution in [-0.2, 0) is 0 Å². The van der Waals surface area contributed by atoms with Gasteiger partial charge in [-0.3, -0.25) is 13.8 Å². The second-order valence-corrected chi connectivity index (χ2v) is 17.7. The fourth-order valence-electron chi connectivity index (χ4n) is 10.9. The fourth-order valence-corrected chi connectivity index (χ4v) is 10.9. The maximum absolute atomic E-state index is 14.7. The topological polar surface area (TPSA) is 36.3 Å². The van der Waals surface area contributed by atoms with Gasteiger partial charge in [-0.1, -0.05) is 140 Å².